The number of fused-ring (bicyclic) bond motifs is 3. The highest BCUT2D eigenvalue weighted by atomic mass is 32.2. The maximum Gasteiger partial charge on any atom is 0.302 e. The van der Waals surface area contributed by atoms with E-state index in [1.54, 1.807) is 54.3 Å². The van der Waals surface area contributed by atoms with Gasteiger partial charge in [0, 0.05) is 161 Å². The predicted molar refractivity (Wildman–Crippen MR) is 423 cm³/mol. The van der Waals surface area contributed by atoms with E-state index in [2.05, 4.69) is 55.2 Å². The number of nitrogens with one attached hydrogen (secondary N) is 2. The SMILES string of the molecule is C1CCOC1.C1CCOC1.CCOC(C)=O.CS(=O)(=O)N1CCC(N)CC1.CS(=O)(=O)N1CCC(Nc2ncc3ccc(=O)n(C4CCCC4)c3n2)CC1.CS(=O)(=O)c1ncc2ccc(=O)n(C3CCCC3)c2n1.CSc1ncc(C=O)c(NC2CCCC2)n1.CSc1ncc2ccc(=O)n(C3CCCC3)c2n1. The van der Waals surface area contributed by atoms with Gasteiger partial charge in [-0.2, -0.15) is 9.97 Å². The van der Waals surface area contributed by atoms with Crippen LogP contribution in [-0.2, 0) is 48.9 Å². The van der Waals surface area contributed by atoms with Crippen molar-refractivity contribution < 1.29 is 49.1 Å². The highest BCUT2D eigenvalue weighted by Crippen LogP contribution is 2.34. The molecule has 11 heterocycles. The van der Waals surface area contributed by atoms with Gasteiger partial charge in [-0.25, -0.2) is 63.8 Å². The number of piperidine rings is 2. The molecule has 4 saturated heterocycles. The van der Waals surface area contributed by atoms with Gasteiger partial charge in [-0.05, 0) is 140 Å². The maximum absolute atomic E-state index is 12.5. The number of hydrogen-bond donors (Lipinski definition) is 3. The predicted octanol–water partition coefficient (Wildman–Crippen LogP) is 9.58. The van der Waals surface area contributed by atoms with Crippen LogP contribution in [0.4, 0.5) is 11.8 Å². The first-order valence-corrected chi connectivity index (χ1v) is 45.5. The highest BCUT2D eigenvalue weighted by Gasteiger charge is 2.28. The summed E-state index contributed by atoms with van der Waals surface area (Å²) in [4.78, 5) is 91.6. The number of esters is 1. The lowest BCUT2D eigenvalue weighted by Crippen LogP contribution is -2.42. The molecular weight excluding hydrogens is 1490 g/mol. The topological polar surface area (TPSA) is 390 Å². The lowest BCUT2D eigenvalue weighted by molar-refractivity contribution is -0.140. The zero-order valence-electron chi connectivity index (χ0n) is 63.3. The zero-order chi connectivity index (χ0) is 77.8. The quantitative estimate of drug-likeness (QED) is 0.0394. The van der Waals surface area contributed by atoms with E-state index in [-0.39, 0.29) is 52.0 Å². The number of nitrogens with zero attached hydrogens (tertiary/aromatic N) is 13. The number of rotatable bonds is 14. The minimum atomic E-state index is -3.49. The third kappa shape index (κ3) is 26.6. The van der Waals surface area contributed by atoms with Crippen molar-refractivity contribution in [1.82, 2.24) is 62.2 Å². The Morgan fingerprint density at radius 2 is 0.907 bits per heavy atom. The molecular formula is C73H108N16O14S5. The van der Waals surface area contributed by atoms with Gasteiger partial charge in [0.15, 0.2) is 16.6 Å². The van der Waals surface area contributed by atoms with Crippen molar-refractivity contribution in [3.8, 4) is 0 Å². The molecule has 8 fully saturated rings. The molecule has 4 aliphatic carbocycles. The Kier molecular flexibility index (Phi) is 34.5. The average Bonchev–Trinajstić information content (AvgIpc) is 1.28. The molecule has 0 radical (unpaired) electrons. The molecule has 30 nitrogen and oxygen atoms in total. The molecule has 594 valence electrons. The van der Waals surface area contributed by atoms with Crippen molar-refractivity contribution in [3.63, 3.8) is 0 Å². The second kappa shape index (κ2) is 43.0. The molecule has 108 heavy (non-hydrogen) atoms. The second-order valence-electron chi connectivity index (χ2n) is 27.8. The molecule has 0 spiro atoms. The van der Waals surface area contributed by atoms with Crippen LogP contribution in [-0.4, -0.2) is 208 Å². The number of aldehydes is 1. The highest BCUT2D eigenvalue weighted by molar-refractivity contribution is 7.98. The summed E-state index contributed by atoms with van der Waals surface area (Å²) in [5.41, 5.74) is 7.95. The first-order valence-electron chi connectivity index (χ1n) is 37.5. The lowest BCUT2D eigenvalue weighted by Gasteiger charge is -2.30. The number of hydrogen-bond acceptors (Lipinski definition) is 27. The maximum atomic E-state index is 12.5. The fraction of sp³-hybridized carbons (Fsp3) is 0.630. The molecule has 0 amide bonds. The van der Waals surface area contributed by atoms with Crippen molar-refractivity contribution in [3.05, 3.63) is 97.8 Å². The number of ether oxygens (including phenoxy) is 3. The van der Waals surface area contributed by atoms with Crippen molar-refractivity contribution in [2.45, 2.75) is 220 Å². The van der Waals surface area contributed by atoms with Gasteiger partial charge >= 0.3 is 5.97 Å². The number of nitrogens with two attached hydrogens (primary N) is 1. The molecule has 0 aromatic carbocycles. The van der Waals surface area contributed by atoms with Crippen molar-refractivity contribution in [2.75, 3.05) is 101 Å². The van der Waals surface area contributed by atoms with Crippen LogP contribution < -0.4 is 33.0 Å². The molecule has 0 atom stereocenters. The Balaban J connectivity index is 0.000000164. The van der Waals surface area contributed by atoms with Gasteiger partial charge in [0.05, 0.1) is 24.7 Å². The fourth-order valence-corrected chi connectivity index (χ4v) is 16.8. The summed E-state index contributed by atoms with van der Waals surface area (Å²) in [5, 5.41) is 10.3. The van der Waals surface area contributed by atoms with Crippen molar-refractivity contribution in [1.29, 1.82) is 0 Å². The van der Waals surface area contributed by atoms with Crippen LogP contribution >= 0.6 is 23.5 Å². The number of carbonyl (C=O) groups is 2. The number of anilines is 2. The molecule has 15 rings (SSSR count). The number of pyridine rings is 3. The minimum absolute atomic E-state index is 0.0134. The Morgan fingerprint density at radius 1 is 0.519 bits per heavy atom. The van der Waals surface area contributed by atoms with Gasteiger partial charge in [-0.3, -0.25) is 37.7 Å². The number of carbonyl (C=O) groups excluding carboxylic acids is 2. The number of sulfonamides is 2. The molecule has 35 heteroatoms. The van der Waals surface area contributed by atoms with E-state index < -0.39 is 29.9 Å². The third-order valence-electron chi connectivity index (χ3n) is 19.6. The Morgan fingerprint density at radius 3 is 1.30 bits per heavy atom. The van der Waals surface area contributed by atoms with E-state index >= 15 is 0 Å². The summed E-state index contributed by atoms with van der Waals surface area (Å²) in [6.45, 7) is 9.81. The summed E-state index contributed by atoms with van der Waals surface area (Å²) in [7, 11) is -9.59. The molecule has 7 aromatic heterocycles. The van der Waals surface area contributed by atoms with Gasteiger partial charge in [-0.15, -0.1) is 0 Å². The van der Waals surface area contributed by atoms with Crippen LogP contribution in [0.1, 0.15) is 196 Å². The number of aromatic nitrogens is 11. The van der Waals surface area contributed by atoms with Gasteiger partial charge in [0.25, 0.3) is 16.7 Å². The van der Waals surface area contributed by atoms with Crippen molar-refractivity contribution in [2.24, 2.45) is 5.73 Å². The van der Waals surface area contributed by atoms with E-state index in [4.69, 9.17) is 15.2 Å². The molecule has 4 saturated carbocycles. The monoisotopic (exact) mass is 1590 g/mol. The van der Waals surface area contributed by atoms with Crippen LogP contribution in [0.15, 0.2) is 91.0 Å². The Hall–Kier alpha value is -6.96. The normalized spacial score (nSPS) is 18.4. The average molecular weight is 1590 g/mol. The summed E-state index contributed by atoms with van der Waals surface area (Å²) in [6.07, 6.45) is 40.7. The Labute approximate surface area is 642 Å². The standard InChI is InChI=1S/C18H25N5O3S.C13H15N3O3S.C13H15N3OS.C11H15N3OS.C6H14N2O2S.C4H8O2.2C4H8O/c1-27(25,26)22-10-8-14(9-11-22)20-18-19-12-13-6-7-16(24)23(17(13)21-18)15-4-2-3-5-15;1-20(18,19)13-14-8-9-6-7-11(17)16(12(9)15-13)10-4-2-3-5-10;1-18-13-14-8-9-6-7-11(17)16(12(9)15-13)10-4-2-3-5-10;1-16-11-12-6-8(7-15)10(14-11)13-9-4-2-3-5-9;1-11(9,10)8-4-2-6(7)3-5-8;1-3-6-4(2)5;2*1-2-4-5-3-1/h6-7,12,14-15H,2-5,8-11H2,1H3,(H,19,20,21);6-8,10H,2-5H2,1H3;6-8,10H,2-5H2,1H3;6-7,9H,2-5H2,1H3,(H,12,13,14);6H,2-5,7H2,1H3;3H2,1-2H3;2*1-4H2. The summed E-state index contributed by atoms with van der Waals surface area (Å²) in [6, 6.07) is 11.3. The van der Waals surface area contributed by atoms with Crippen molar-refractivity contribution >= 4 is 111 Å². The first-order chi connectivity index (χ1) is 51.8. The zero-order valence-corrected chi connectivity index (χ0v) is 67.4. The number of sulfone groups is 1. The van der Waals surface area contributed by atoms with E-state index in [1.165, 1.54) is 115 Å². The van der Waals surface area contributed by atoms with E-state index in [0.717, 1.165) is 150 Å². The van der Waals surface area contributed by atoms with Gasteiger partial charge in [0.1, 0.15) is 22.8 Å². The second-order valence-corrected chi connectivity index (χ2v) is 35.2. The number of thioether (sulfide) groups is 2. The van der Waals surface area contributed by atoms with Crippen LogP contribution in [0, 0.1) is 0 Å². The van der Waals surface area contributed by atoms with Crippen LogP contribution in [0.5, 0.6) is 0 Å². The largest absolute Gasteiger partial charge is 0.466 e. The molecule has 7 aromatic rings. The molecule has 0 unspecified atom stereocenters. The molecule has 0 bridgehead atoms. The third-order valence-corrected chi connectivity index (χ3v) is 24.2. The Bertz CT molecular complexity index is 4560. The lowest BCUT2D eigenvalue weighted by atomic mass is 10.1. The van der Waals surface area contributed by atoms with E-state index in [1.807, 2.05) is 27.7 Å². The summed E-state index contributed by atoms with van der Waals surface area (Å²) in [5.74, 6) is 0.969. The van der Waals surface area contributed by atoms with Gasteiger partial charge < -0.3 is 30.6 Å². The van der Waals surface area contributed by atoms with Crippen LogP contribution in [0.25, 0.3) is 33.1 Å². The fourth-order valence-electron chi connectivity index (χ4n) is 13.9. The molecule has 8 aliphatic rings. The van der Waals surface area contributed by atoms with E-state index in [9.17, 15) is 49.2 Å². The van der Waals surface area contributed by atoms with Crippen LogP contribution in [0.2, 0.25) is 0 Å². The molecule has 4 aliphatic heterocycles. The smallest absolute Gasteiger partial charge is 0.302 e. The minimum Gasteiger partial charge on any atom is -0.466 e. The molecule has 4 N–H and O–H groups in total. The van der Waals surface area contributed by atoms with Crippen LogP contribution in [0.3, 0.4) is 0 Å². The van der Waals surface area contributed by atoms with E-state index in [0.29, 0.717) is 96.9 Å². The first kappa shape index (κ1) is 86.6. The summed E-state index contributed by atoms with van der Waals surface area (Å²) >= 11 is 2.99. The van der Waals surface area contributed by atoms with Gasteiger partial charge in [0.2, 0.25) is 41.0 Å². The summed E-state index contributed by atoms with van der Waals surface area (Å²) < 4.78 is 91.0. The van der Waals surface area contributed by atoms with Gasteiger partial charge in [-0.1, -0.05) is 74.9 Å².